The molecule has 0 aromatic carbocycles. The Bertz CT molecular complexity index is 284. The Balaban J connectivity index is 1.83. The number of amides is 2. The van der Waals surface area contributed by atoms with Crippen LogP contribution in [0.4, 0.5) is 4.79 Å². The molecule has 2 amide bonds. The van der Waals surface area contributed by atoms with Crippen LogP contribution in [0.1, 0.15) is 26.2 Å². The fourth-order valence-corrected chi connectivity index (χ4v) is 3.31. The first-order chi connectivity index (χ1) is 8.76. The standard InChI is InChI=1S/C13H26N4O/c1-2-16(12-5-3-4-11(12)10-14)8-9-17-7-6-15-13(17)18/h11-12H,2-10,14H2,1H3,(H,15,18). The molecule has 2 fully saturated rings. The molecule has 3 N–H and O–H groups in total. The van der Waals surface area contributed by atoms with Gasteiger partial charge in [-0.05, 0) is 31.8 Å². The Labute approximate surface area is 110 Å². The van der Waals surface area contributed by atoms with E-state index in [9.17, 15) is 4.79 Å². The van der Waals surface area contributed by atoms with Crippen molar-refractivity contribution in [3.05, 3.63) is 0 Å². The van der Waals surface area contributed by atoms with Crippen molar-refractivity contribution < 1.29 is 4.79 Å². The molecule has 2 unspecified atom stereocenters. The fraction of sp³-hybridized carbons (Fsp3) is 0.923. The van der Waals surface area contributed by atoms with Crippen molar-refractivity contribution >= 4 is 6.03 Å². The number of rotatable bonds is 6. The summed E-state index contributed by atoms with van der Waals surface area (Å²) in [5, 5.41) is 2.85. The lowest BCUT2D eigenvalue weighted by atomic mass is 10.0. The zero-order valence-electron chi connectivity index (χ0n) is 11.4. The molecule has 5 heteroatoms. The topological polar surface area (TPSA) is 61.6 Å². The molecule has 5 nitrogen and oxygen atoms in total. The molecule has 0 radical (unpaired) electrons. The van der Waals surface area contributed by atoms with Crippen LogP contribution in [0.2, 0.25) is 0 Å². The van der Waals surface area contributed by atoms with Crippen molar-refractivity contribution in [3.8, 4) is 0 Å². The van der Waals surface area contributed by atoms with Crippen molar-refractivity contribution in [1.29, 1.82) is 0 Å². The maximum absolute atomic E-state index is 11.5. The maximum Gasteiger partial charge on any atom is 0.317 e. The third kappa shape index (κ3) is 2.95. The Morgan fingerprint density at radius 2 is 2.33 bits per heavy atom. The summed E-state index contributed by atoms with van der Waals surface area (Å²) in [6.07, 6.45) is 3.83. The molecule has 104 valence electrons. The molecule has 1 saturated carbocycles. The van der Waals surface area contributed by atoms with Gasteiger partial charge in [0.2, 0.25) is 0 Å². The van der Waals surface area contributed by atoms with Crippen LogP contribution in [0.15, 0.2) is 0 Å². The Kier molecular flexibility index (Phi) is 4.83. The van der Waals surface area contributed by atoms with E-state index in [-0.39, 0.29) is 6.03 Å². The largest absolute Gasteiger partial charge is 0.336 e. The van der Waals surface area contributed by atoms with Crippen LogP contribution in [0.25, 0.3) is 0 Å². The molecule has 0 spiro atoms. The zero-order chi connectivity index (χ0) is 13.0. The highest BCUT2D eigenvalue weighted by Crippen LogP contribution is 2.29. The van der Waals surface area contributed by atoms with Crippen LogP contribution < -0.4 is 11.1 Å². The van der Waals surface area contributed by atoms with Gasteiger partial charge >= 0.3 is 6.03 Å². The minimum Gasteiger partial charge on any atom is -0.336 e. The summed E-state index contributed by atoms with van der Waals surface area (Å²) in [6.45, 7) is 7.51. The van der Waals surface area contributed by atoms with E-state index in [1.165, 1.54) is 19.3 Å². The molecular formula is C13H26N4O. The first-order valence-corrected chi connectivity index (χ1v) is 7.23. The minimum atomic E-state index is 0.0906. The highest BCUT2D eigenvalue weighted by molar-refractivity contribution is 5.76. The van der Waals surface area contributed by atoms with Crippen molar-refractivity contribution in [3.63, 3.8) is 0 Å². The quantitative estimate of drug-likeness (QED) is 0.724. The number of likely N-dealkylation sites (N-methyl/N-ethyl adjacent to an activating group) is 1. The monoisotopic (exact) mass is 254 g/mol. The summed E-state index contributed by atoms with van der Waals surface area (Å²) in [5.41, 5.74) is 5.86. The molecule has 0 aromatic rings. The molecule has 1 aliphatic carbocycles. The van der Waals surface area contributed by atoms with Gasteiger partial charge in [-0.2, -0.15) is 0 Å². The molecule has 0 aromatic heterocycles. The van der Waals surface area contributed by atoms with E-state index >= 15 is 0 Å². The molecule has 1 saturated heterocycles. The molecule has 1 heterocycles. The smallest absolute Gasteiger partial charge is 0.317 e. The van der Waals surface area contributed by atoms with Gasteiger partial charge in [0.15, 0.2) is 0 Å². The molecule has 2 aliphatic rings. The normalized spacial score (nSPS) is 28.2. The van der Waals surface area contributed by atoms with Gasteiger partial charge in [-0.1, -0.05) is 13.3 Å². The van der Waals surface area contributed by atoms with Crippen LogP contribution in [-0.2, 0) is 0 Å². The molecular weight excluding hydrogens is 228 g/mol. The second-order valence-electron chi connectivity index (χ2n) is 5.34. The number of carbonyl (C=O) groups is 1. The number of hydrogen-bond donors (Lipinski definition) is 2. The van der Waals surface area contributed by atoms with Crippen molar-refractivity contribution in [2.75, 3.05) is 39.3 Å². The average molecular weight is 254 g/mol. The SMILES string of the molecule is CCN(CCN1CCNC1=O)C1CCCC1CN. The highest BCUT2D eigenvalue weighted by Gasteiger charge is 2.31. The predicted molar refractivity (Wildman–Crippen MR) is 72.4 cm³/mol. The van der Waals surface area contributed by atoms with E-state index in [1.54, 1.807) is 0 Å². The van der Waals surface area contributed by atoms with E-state index < -0.39 is 0 Å². The average Bonchev–Trinajstić information content (AvgIpc) is 2.99. The molecule has 2 rings (SSSR count). The second-order valence-corrected chi connectivity index (χ2v) is 5.34. The number of nitrogens with one attached hydrogen (secondary N) is 1. The highest BCUT2D eigenvalue weighted by atomic mass is 16.2. The summed E-state index contributed by atoms with van der Waals surface area (Å²) < 4.78 is 0. The minimum absolute atomic E-state index is 0.0906. The molecule has 1 aliphatic heterocycles. The lowest BCUT2D eigenvalue weighted by Crippen LogP contribution is -2.44. The van der Waals surface area contributed by atoms with Crippen LogP contribution in [0.3, 0.4) is 0 Å². The number of nitrogens with zero attached hydrogens (tertiary/aromatic N) is 2. The van der Waals surface area contributed by atoms with Crippen LogP contribution >= 0.6 is 0 Å². The van der Waals surface area contributed by atoms with E-state index in [0.29, 0.717) is 12.0 Å². The number of carbonyl (C=O) groups excluding carboxylic acids is 1. The van der Waals surface area contributed by atoms with Crippen LogP contribution in [0, 0.1) is 5.92 Å². The predicted octanol–water partition coefficient (Wildman–Crippen LogP) is 0.461. The van der Waals surface area contributed by atoms with Gasteiger partial charge < -0.3 is 16.0 Å². The Morgan fingerprint density at radius 3 is 2.94 bits per heavy atom. The zero-order valence-corrected chi connectivity index (χ0v) is 11.4. The Morgan fingerprint density at radius 1 is 1.50 bits per heavy atom. The first kappa shape index (κ1) is 13.6. The van der Waals surface area contributed by atoms with E-state index in [0.717, 1.165) is 39.3 Å². The van der Waals surface area contributed by atoms with Gasteiger partial charge in [0, 0.05) is 32.2 Å². The van der Waals surface area contributed by atoms with Crippen molar-refractivity contribution in [2.45, 2.75) is 32.2 Å². The molecule has 0 bridgehead atoms. The van der Waals surface area contributed by atoms with E-state index in [2.05, 4.69) is 17.1 Å². The third-order valence-corrected chi connectivity index (χ3v) is 4.40. The first-order valence-electron chi connectivity index (χ1n) is 7.23. The van der Waals surface area contributed by atoms with Gasteiger partial charge in [0.1, 0.15) is 0 Å². The third-order valence-electron chi connectivity index (χ3n) is 4.40. The summed E-state index contributed by atoms with van der Waals surface area (Å²) in [4.78, 5) is 15.9. The second kappa shape index (κ2) is 6.38. The van der Waals surface area contributed by atoms with Crippen molar-refractivity contribution in [1.82, 2.24) is 15.1 Å². The summed E-state index contributed by atoms with van der Waals surface area (Å²) in [7, 11) is 0. The lowest BCUT2D eigenvalue weighted by Gasteiger charge is -2.32. The summed E-state index contributed by atoms with van der Waals surface area (Å²) >= 11 is 0. The number of urea groups is 1. The van der Waals surface area contributed by atoms with E-state index in [1.807, 2.05) is 4.90 Å². The van der Waals surface area contributed by atoms with Gasteiger partial charge in [0.25, 0.3) is 0 Å². The molecule has 18 heavy (non-hydrogen) atoms. The summed E-state index contributed by atoms with van der Waals surface area (Å²) in [5.74, 6) is 0.650. The maximum atomic E-state index is 11.5. The van der Waals surface area contributed by atoms with Crippen LogP contribution in [-0.4, -0.2) is 61.1 Å². The van der Waals surface area contributed by atoms with Gasteiger partial charge in [-0.15, -0.1) is 0 Å². The van der Waals surface area contributed by atoms with E-state index in [4.69, 9.17) is 5.73 Å². The number of nitrogens with two attached hydrogens (primary N) is 1. The Hall–Kier alpha value is -0.810. The van der Waals surface area contributed by atoms with Crippen LogP contribution in [0.5, 0.6) is 0 Å². The summed E-state index contributed by atoms with van der Waals surface area (Å²) in [6, 6.07) is 0.721. The molecule has 2 atom stereocenters. The van der Waals surface area contributed by atoms with Crippen molar-refractivity contribution in [2.24, 2.45) is 11.7 Å². The fourth-order valence-electron chi connectivity index (χ4n) is 3.31. The lowest BCUT2D eigenvalue weighted by molar-refractivity contribution is 0.152. The van der Waals surface area contributed by atoms with Gasteiger partial charge in [0.05, 0.1) is 0 Å². The van der Waals surface area contributed by atoms with Gasteiger partial charge in [-0.3, -0.25) is 4.90 Å². The number of hydrogen-bond acceptors (Lipinski definition) is 3. The van der Waals surface area contributed by atoms with Gasteiger partial charge in [-0.25, -0.2) is 4.79 Å².